The van der Waals surface area contributed by atoms with Crippen molar-refractivity contribution in [2.75, 3.05) is 18.8 Å². The van der Waals surface area contributed by atoms with Crippen LogP contribution in [-0.2, 0) is 21.2 Å². The van der Waals surface area contributed by atoms with Crippen LogP contribution < -0.4 is 0 Å². The van der Waals surface area contributed by atoms with Gasteiger partial charge in [-0.2, -0.15) is 0 Å². The van der Waals surface area contributed by atoms with Crippen molar-refractivity contribution < 1.29 is 13.2 Å². The van der Waals surface area contributed by atoms with Crippen LogP contribution in [0.25, 0.3) is 6.08 Å². The van der Waals surface area contributed by atoms with Crippen LogP contribution in [0.4, 0.5) is 0 Å². The fourth-order valence-corrected chi connectivity index (χ4v) is 4.91. The number of aromatic nitrogens is 3. The maximum atomic E-state index is 12.6. The first kappa shape index (κ1) is 22.0. The summed E-state index contributed by atoms with van der Waals surface area (Å²) in [6, 6.07) is 15.0. The Morgan fingerprint density at radius 1 is 1.00 bits per heavy atom. The Morgan fingerprint density at radius 3 is 2.47 bits per heavy atom. The van der Waals surface area contributed by atoms with E-state index in [4.69, 9.17) is 0 Å². The first-order valence-electron chi connectivity index (χ1n) is 10.6. The SMILES string of the molecule is O=C(CS(=O)(=O)C=Cc1ccccc1)N1CCC(c2nccn2Cc2ccccn2)CC1. The van der Waals surface area contributed by atoms with Gasteiger partial charge in [0.05, 0.1) is 12.2 Å². The fourth-order valence-electron chi connectivity index (χ4n) is 3.93. The van der Waals surface area contributed by atoms with Crippen LogP contribution in [-0.4, -0.2) is 52.6 Å². The molecule has 1 aliphatic heterocycles. The maximum absolute atomic E-state index is 12.6. The third kappa shape index (κ3) is 5.70. The summed E-state index contributed by atoms with van der Waals surface area (Å²) < 4.78 is 26.8. The molecule has 32 heavy (non-hydrogen) atoms. The van der Waals surface area contributed by atoms with E-state index in [0.717, 1.165) is 35.3 Å². The van der Waals surface area contributed by atoms with E-state index in [-0.39, 0.29) is 11.8 Å². The van der Waals surface area contributed by atoms with Crippen molar-refractivity contribution in [1.82, 2.24) is 19.4 Å². The number of amides is 1. The van der Waals surface area contributed by atoms with E-state index >= 15 is 0 Å². The average molecular weight is 451 g/mol. The Labute approximate surface area is 188 Å². The molecule has 0 radical (unpaired) electrons. The smallest absolute Gasteiger partial charge is 0.238 e. The summed E-state index contributed by atoms with van der Waals surface area (Å²) in [5.74, 6) is 0.362. The lowest BCUT2D eigenvalue weighted by Crippen LogP contribution is -2.41. The van der Waals surface area contributed by atoms with Gasteiger partial charge in [0, 0.05) is 43.0 Å². The molecule has 7 nitrogen and oxygen atoms in total. The van der Waals surface area contributed by atoms with Gasteiger partial charge in [0.25, 0.3) is 0 Å². The van der Waals surface area contributed by atoms with E-state index < -0.39 is 15.6 Å². The highest BCUT2D eigenvalue weighted by molar-refractivity contribution is 7.95. The quantitative estimate of drug-likeness (QED) is 0.552. The average Bonchev–Trinajstić information content (AvgIpc) is 3.27. The zero-order chi connectivity index (χ0) is 22.4. The van der Waals surface area contributed by atoms with Gasteiger partial charge in [-0.15, -0.1) is 0 Å². The zero-order valence-electron chi connectivity index (χ0n) is 17.7. The van der Waals surface area contributed by atoms with Crippen LogP contribution in [0, 0.1) is 0 Å². The van der Waals surface area contributed by atoms with Crippen LogP contribution in [0.2, 0.25) is 0 Å². The van der Waals surface area contributed by atoms with Crippen LogP contribution in [0.1, 0.15) is 35.8 Å². The number of hydrogen-bond donors (Lipinski definition) is 0. The maximum Gasteiger partial charge on any atom is 0.238 e. The predicted molar refractivity (Wildman–Crippen MR) is 123 cm³/mol. The van der Waals surface area contributed by atoms with E-state index in [1.54, 1.807) is 17.3 Å². The molecule has 0 N–H and O–H groups in total. The molecule has 166 valence electrons. The number of imidazole rings is 1. The van der Waals surface area contributed by atoms with Crippen molar-refractivity contribution in [1.29, 1.82) is 0 Å². The minimum atomic E-state index is -3.62. The Morgan fingerprint density at radius 2 is 1.75 bits per heavy atom. The summed E-state index contributed by atoms with van der Waals surface area (Å²) in [6.45, 7) is 1.71. The first-order chi connectivity index (χ1) is 15.5. The van der Waals surface area contributed by atoms with E-state index in [1.165, 1.54) is 6.08 Å². The summed E-state index contributed by atoms with van der Waals surface area (Å²) >= 11 is 0. The topological polar surface area (TPSA) is 85.2 Å². The van der Waals surface area contributed by atoms with Gasteiger partial charge in [-0.3, -0.25) is 9.78 Å². The van der Waals surface area contributed by atoms with E-state index in [0.29, 0.717) is 19.6 Å². The highest BCUT2D eigenvalue weighted by Crippen LogP contribution is 2.27. The van der Waals surface area contributed by atoms with Gasteiger partial charge < -0.3 is 9.47 Å². The van der Waals surface area contributed by atoms with Crippen molar-refractivity contribution in [3.8, 4) is 0 Å². The lowest BCUT2D eigenvalue weighted by atomic mass is 9.96. The normalized spacial score (nSPS) is 15.3. The predicted octanol–water partition coefficient (Wildman–Crippen LogP) is 3.12. The lowest BCUT2D eigenvalue weighted by Gasteiger charge is -2.31. The van der Waals surface area contributed by atoms with E-state index in [2.05, 4.69) is 14.5 Å². The van der Waals surface area contributed by atoms with Gasteiger partial charge in [0.2, 0.25) is 5.91 Å². The van der Waals surface area contributed by atoms with Crippen molar-refractivity contribution in [2.45, 2.75) is 25.3 Å². The summed E-state index contributed by atoms with van der Waals surface area (Å²) in [6.07, 6.45) is 8.56. The van der Waals surface area contributed by atoms with Crippen LogP contribution in [0.5, 0.6) is 0 Å². The number of benzene rings is 1. The molecule has 0 aliphatic carbocycles. The molecular weight excluding hydrogens is 424 g/mol. The second-order valence-corrected chi connectivity index (χ2v) is 9.80. The number of carbonyl (C=O) groups is 1. The Hall–Kier alpha value is -3.26. The fraction of sp³-hybridized carbons (Fsp3) is 0.292. The number of nitrogens with zero attached hydrogens (tertiary/aromatic N) is 4. The molecule has 0 spiro atoms. The Balaban J connectivity index is 1.32. The molecule has 0 unspecified atom stereocenters. The van der Waals surface area contributed by atoms with Crippen molar-refractivity contribution in [2.24, 2.45) is 0 Å². The number of rotatable bonds is 7. The van der Waals surface area contributed by atoms with Crippen molar-refractivity contribution in [3.63, 3.8) is 0 Å². The number of pyridine rings is 1. The third-order valence-electron chi connectivity index (χ3n) is 5.61. The molecular formula is C24H26N4O3S. The Kier molecular flexibility index (Phi) is 6.80. The van der Waals surface area contributed by atoms with Gasteiger partial charge in [0.15, 0.2) is 9.84 Å². The molecule has 1 aromatic carbocycles. The lowest BCUT2D eigenvalue weighted by molar-refractivity contribution is -0.129. The summed E-state index contributed by atoms with van der Waals surface area (Å²) in [7, 11) is -3.62. The highest BCUT2D eigenvalue weighted by Gasteiger charge is 2.28. The van der Waals surface area contributed by atoms with Crippen LogP contribution >= 0.6 is 0 Å². The summed E-state index contributed by atoms with van der Waals surface area (Å²) in [5, 5.41) is 1.13. The van der Waals surface area contributed by atoms with Gasteiger partial charge in [0.1, 0.15) is 11.6 Å². The second-order valence-electron chi connectivity index (χ2n) is 7.91. The summed E-state index contributed by atoms with van der Waals surface area (Å²) in [4.78, 5) is 23.2. The molecule has 0 atom stereocenters. The van der Waals surface area contributed by atoms with Crippen molar-refractivity contribution in [3.05, 3.63) is 89.6 Å². The molecule has 1 aliphatic rings. The molecule has 2 aromatic heterocycles. The number of piperidine rings is 1. The monoisotopic (exact) mass is 450 g/mol. The van der Waals surface area contributed by atoms with Crippen LogP contribution in [0.3, 0.4) is 0 Å². The number of likely N-dealkylation sites (tertiary alicyclic amines) is 1. The molecule has 4 rings (SSSR count). The van der Waals surface area contributed by atoms with Crippen molar-refractivity contribution >= 4 is 21.8 Å². The number of hydrogen-bond acceptors (Lipinski definition) is 5. The molecule has 1 amide bonds. The molecule has 8 heteroatoms. The summed E-state index contributed by atoms with van der Waals surface area (Å²) in [5.41, 5.74) is 1.75. The van der Waals surface area contributed by atoms with E-state index in [1.807, 2.05) is 54.7 Å². The minimum absolute atomic E-state index is 0.229. The number of carbonyl (C=O) groups excluding carboxylic acids is 1. The molecule has 1 saturated heterocycles. The van der Waals surface area contributed by atoms with Gasteiger partial charge in [-0.1, -0.05) is 36.4 Å². The largest absolute Gasteiger partial charge is 0.342 e. The molecule has 0 saturated carbocycles. The van der Waals surface area contributed by atoms with Crippen LogP contribution in [0.15, 0.2) is 72.5 Å². The van der Waals surface area contributed by atoms with Gasteiger partial charge >= 0.3 is 0 Å². The standard InChI is InChI=1S/C24H26N4O3S/c29-23(19-32(30,31)17-11-20-6-2-1-3-7-20)27-14-9-21(10-15-27)24-26-13-16-28(24)18-22-8-4-5-12-25-22/h1-8,11-13,16-17,21H,9-10,14-15,18-19H2. The Bertz CT molecular complexity index is 1170. The highest BCUT2D eigenvalue weighted by atomic mass is 32.2. The first-order valence-corrected chi connectivity index (χ1v) is 12.4. The third-order valence-corrected chi connectivity index (χ3v) is 6.81. The van der Waals surface area contributed by atoms with E-state index in [9.17, 15) is 13.2 Å². The molecule has 0 bridgehead atoms. The second kappa shape index (κ2) is 9.91. The molecule has 1 fully saturated rings. The van der Waals surface area contributed by atoms with Gasteiger partial charge in [-0.05, 0) is 36.6 Å². The molecule has 3 heterocycles. The van der Waals surface area contributed by atoms with Gasteiger partial charge in [-0.25, -0.2) is 13.4 Å². The number of sulfone groups is 1. The zero-order valence-corrected chi connectivity index (χ0v) is 18.6. The molecule has 3 aromatic rings. The minimum Gasteiger partial charge on any atom is -0.342 e.